The number of rotatable bonds is 5. The third-order valence-corrected chi connectivity index (χ3v) is 4.75. The van der Waals surface area contributed by atoms with E-state index in [2.05, 4.69) is 55.7 Å². The minimum atomic E-state index is 0.675. The highest BCUT2D eigenvalue weighted by Crippen LogP contribution is 2.27. The summed E-state index contributed by atoms with van der Waals surface area (Å²) in [5.74, 6) is 0. The lowest BCUT2D eigenvalue weighted by atomic mass is 10.2. The molecule has 3 nitrogen and oxygen atoms in total. The molecule has 120 valence electrons. The van der Waals surface area contributed by atoms with Gasteiger partial charge in [0.2, 0.25) is 0 Å². The molecular weight excluding hydrogens is 370 g/mol. The van der Waals surface area contributed by atoms with E-state index < -0.39 is 0 Å². The summed E-state index contributed by atoms with van der Waals surface area (Å²) < 4.78 is 1.06. The van der Waals surface area contributed by atoms with Crippen LogP contribution in [0.15, 0.2) is 53.0 Å². The number of hydrogen-bond donors (Lipinski definition) is 2. The van der Waals surface area contributed by atoms with Crippen LogP contribution < -0.4 is 15.5 Å². The predicted octanol–water partition coefficient (Wildman–Crippen LogP) is 4.19. The monoisotopic (exact) mass is 389 g/mol. The maximum Gasteiger partial charge on any atom is 0.170 e. The summed E-state index contributed by atoms with van der Waals surface area (Å²) in [7, 11) is 0. The van der Waals surface area contributed by atoms with Crippen molar-refractivity contribution in [1.82, 2.24) is 5.32 Å². The van der Waals surface area contributed by atoms with Crippen LogP contribution in [-0.4, -0.2) is 24.7 Å². The molecule has 0 aromatic heterocycles. The first-order valence-corrected chi connectivity index (χ1v) is 9.06. The van der Waals surface area contributed by atoms with Gasteiger partial charge in [-0.25, -0.2) is 0 Å². The second kappa shape index (κ2) is 7.79. The van der Waals surface area contributed by atoms with Gasteiger partial charge in [0.1, 0.15) is 0 Å². The molecule has 2 N–H and O–H groups in total. The molecule has 0 unspecified atom stereocenters. The molecule has 2 aromatic carbocycles. The Hall–Kier alpha value is -1.59. The van der Waals surface area contributed by atoms with Gasteiger partial charge in [0, 0.05) is 35.5 Å². The largest absolute Gasteiger partial charge is 0.371 e. The molecule has 0 spiro atoms. The van der Waals surface area contributed by atoms with E-state index in [-0.39, 0.29) is 0 Å². The Balaban J connectivity index is 1.39. The molecule has 23 heavy (non-hydrogen) atoms. The molecule has 0 aliphatic carbocycles. The predicted molar refractivity (Wildman–Crippen MR) is 105 cm³/mol. The lowest BCUT2D eigenvalue weighted by molar-refractivity contribution is 0.730. The molecule has 5 heteroatoms. The minimum absolute atomic E-state index is 0.675. The number of anilines is 2. The Morgan fingerprint density at radius 1 is 1.13 bits per heavy atom. The second-order valence-corrected chi connectivity index (χ2v) is 6.93. The maximum absolute atomic E-state index is 5.33. The Morgan fingerprint density at radius 2 is 1.91 bits per heavy atom. The Morgan fingerprint density at radius 3 is 2.74 bits per heavy atom. The first kappa shape index (κ1) is 16.3. The standard InChI is InChI=1S/C18H20BrN3S/c19-15-6-8-16(9-7-15)21-18(23)20-11-3-12-22-13-10-14-4-1-2-5-17(14)22/h1-2,4-9H,3,10-13H2,(H2,20,21,23). The van der Waals surface area contributed by atoms with Crippen molar-refractivity contribution in [2.24, 2.45) is 0 Å². The molecule has 0 saturated carbocycles. The van der Waals surface area contributed by atoms with Gasteiger partial charge in [-0.1, -0.05) is 34.1 Å². The molecule has 3 rings (SSSR count). The number of nitrogens with one attached hydrogen (secondary N) is 2. The lowest BCUT2D eigenvalue weighted by Gasteiger charge is -2.19. The average molecular weight is 390 g/mol. The summed E-state index contributed by atoms with van der Waals surface area (Å²) in [5, 5.41) is 7.15. The summed E-state index contributed by atoms with van der Waals surface area (Å²) in [4.78, 5) is 2.46. The summed E-state index contributed by atoms with van der Waals surface area (Å²) in [6.45, 7) is 3.06. The van der Waals surface area contributed by atoms with Crippen LogP contribution in [0.2, 0.25) is 0 Å². The van der Waals surface area contributed by atoms with Crippen LogP contribution in [0.25, 0.3) is 0 Å². The number of fused-ring (bicyclic) bond motifs is 1. The van der Waals surface area contributed by atoms with Crippen molar-refractivity contribution in [2.75, 3.05) is 29.9 Å². The molecule has 1 aliphatic heterocycles. The SMILES string of the molecule is S=C(NCCCN1CCc2ccccc21)Nc1ccc(Br)cc1. The van der Waals surface area contributed by atoms with Gasteiger partial charge in [-0.05, 0) is 61.0 Å². The number of benzene rings is 2. The van der Waals surface area contributed by atoms with Gasteiger partial charge in [0.15, 0.2) is 5.11 Å². The highest BCUT2D eigenvalue weighted by molar-refractivity contribution is 9.10. The third-order valence-electron chi connectivity index (χ3n) is 3.98. The zero-order valence-corrected chi connectivity index (χ0v) is 15.3. The van der Waals surface area contributed by atoms with E-state index in [0.29, 0.717) is 5.11 Å². The second-order valence-electron chi connectivity index (χ2n) is 5.61. The van der Waals surface area contributed by atoms with Crippen molar-refractivity contribution in [3.05, 3.63) is 58.6 Å². The van der Waals surface area contributed by atoms with Crippen molar-refractivity contribution in [2.45, 2.75) is 12.8 Å². The zero-order valence-electron chi connectivity index (χ0n) is 12.9. The van der Waals surface area contributed by atoms with E-state index in [4.69, 9.17) is 12.2 Å². The molecule has 0 atom stereocenters. The van der Waals surface area contributed by atoms with E-state index >= 15 is 0 Å². The highest BCUT2D eigenvalue weighted by atomic mass is 79.9. The fourth-order valence-electron chi connectivity index (χ4n) is 2.82. The Bertz CT molecular complexity index is 672. The van der Waals surface area contributed by atoms with E-state index in [0.717, 1.165) is 42.6 Å². The van der Waals surface area contributed by atoms with Crippen LogP contribution in [0.1, 0.15) is 12.0 Å². The van der Waals surface area contributed by atoms with Gasteiger partial charge in [0.05, 0.1) is 0 Å². The number of thiocarbonyl (C=S) groups is 1. The molecule has 1 heterocycles. The van der Waals surface area contributed by atoms with Crippen molar-refractivity contribution >= 4 is 44.6 Å². The fourth-order valence-corrected chi connectivity index (χ4v) is 3.30. The van der Waals surface area contributed by atoms with Crippen LogP contribution in [0.5, 0.6) is 0 Å². The first-order valence-electron chi connectivity index (χ1n) is 7.85. The third kappa shape index (κ3) is 4.45. The normalized spacial score (nSPS) is 12.8. The summed E-state index contributed by atoms with van der Waals surface area (Å²) in [6.07, 6.45) is 2.23. The first-order chi connectivity index (χ1) is 11.2. The lowest BCUT2D eigenvalue weighted by Crippen LogP contribution is -2.32. The van der Waals surface area contributed by atoms with Crippen molar-refractivity contribution in [3.8, 4) is 0 Å². The van der Waals surface area contributed by atoms with Crippen molar-refractivity contribution < 1.29 is 0 Å². The molecule has 1 aliphatic rings. The Kier molecular flexibility index (Phi) is 5.51. The quantitative estimate of drug-likeness (QED) is 0.592. The topological polar surface area (TPSA) is 27.3 Å². The Labute approximate surface area is 151 Å². The van der Waals surface area contributed by atoms with E-state index in [1.807, 2.05) is 24.3 Å². The summed E-state index contributed by atoms with van der Waals surface area (Å²) in [5.41, 5.74) is 3.86. The number of nitrogens with zero attached hydrogens (tertiary/aromatic N) is 1. The van der Waals surface area contributed by atoms with Crippen molar-refractivity contribution in [1.29, 1.82) is 0 Å². The number of halogens is 1. The van der Waals surface area contributed by atoms with E-state index in [1.165, 1.54) is 11.3 Å². The van der Waals surface area contributed by atoms with Crippen LogP contribution in [0.4, 0.5) is 11.4 Å². The molecule has 0 bridgehead atoms. The van der Waals surface area contributed by atoms with E-state index in [1.54, 1.807) is 0 Å². The van der Waals surface area contributed by atoms with Crippen LogP contribution in [0.3, 0.4) is 0 Å². The molecule has 0 amide bonds. The molecule has 0 fully saturated rings. The van der Waals surface area contributed by atoms with Crippen molar-refractivity contribution in [3.63, 3.8) is 0 Å². The summed E-state index contributed by atoms with van der Waals surface area (Å²) >= 11 is 8.76. The fraction of sp³-hybridized carbons (Fsp3) is 0.278. The summed E-state index contributed by atoms with van der Waals surface area (Å²) in [6, 6.07) is 16.7. The van der Waals surface area contributed by atoms with Gasteiger partial charge in [0.25, 0.3) is 0 Å². The minimum Gasteiger partial charge on any atom is -0.371 e. The maximum atomic E-state index is 5.33. The molecule has 0 radical (unpaired) electrons. The van der Waals surface area contributed by atoms with Gasteiger partial charge in [-0.3, -0.25) is 0 Å². The molecular formula is C18H20BrN3S. The number of hydrogen-bond acceptors (Lipinski definition) is 2. The smallest absolute Gasteiger partial charge is 0.170 e. The van der Waals surface area contributed by atoms with Crippen LogP contribution in [-0.2, 0) is 6.42 Å². The number of para-hydroxylation sites is 1. The highest BCUT2D eigenvalue weighted by Gasteiger charge is 2.17. The van der Waals surface area contributed by atoms with E-state index in [9.17, 15) is 0 Å². The zero-order chi connectivity index (χ0) is 16.1. The molecule has 2 aromatic rings. The van der Waals surface area contributed by atoms with Gasteiger partial charge < -0.3 is 15.5 Å². The van der Waals surface area contributed by atoms with Crippen LogP contribution >= 0.6 is 28.1 Å². The van der Waals surface area contributed by atoms with Gasteiger partial charge >= 0.3 is 0 Å². The average Bonchev–Trinajstić information content (AvgIpc) is 2.97. The van der Waals surface area contributed by atoms with Gasteiger partial charge in [-0.15, -0.1) is 0 Å². The van der Waals surface area contributed by atoms with Gasteiger partial charge in [-0.2, -0.15) is 0 Å². The molecule has 0 saturated heterocycles. The van der Waals surface area contributed by atoms with Crippen LogP contribution in [0, 0.1) is 0 Å².